The quantitative estimate of drug-likeness (QED) is 0.860. The summed E-state index contributed by atoms with van der Waals surface area (Å²) in [4.78, 5) is 15.5. The van der Waals surface area contributed by atoms with Gasteiger partial charge in [-0.3, -0.25) is 4.79 Å². The minimum Gasteiger partial charge on any atom is -0.481 e. The second kappa shape index (κ2) is 4.93. The molecule has 0 bridgehead atoms. The van der Waals surface area contributed by atoms with Crippen LogP contribution in [0, 0.1) is 5.82 Å². The Labute approximate surface area is 91.3 Å². The number of anilines is 1. The van der Waals surface area contributed by atoms with E-state index in [-0.39, 0.29) is 23.8 Å². The summed E-state index contributed by atoms with van der Waals surface area (Å²) in [5.41, 5.74) is 0. The zero-order valence-corrected chi connectivity index (χ0v) is 8.83. The van der Waals surface area contributed by atoms with E-state index in [1.165, 1.54) is 11.1 Å². The highest BCUT2D eigenvalue weighted by Crippen LogP contribution is 2.18. The zero-order chi connectivity index (χ0) is 11.4. The van der Waals surface area contributed by atoms with Crippen molar-refractivity contribution < 1.29 is 14.3 Å². The number of hydrogen-bond donors (Lipinski definition) is 1. The molecule has 4 nitrogen and oxygen atoms in total. The summed E-state index contributed by atoms with van der Waals surface area (Å²) in [7, 11) is 1.57. The van der Waals surface area contributed by atoms with Crippen molar-refractivity contribution in [1.82, 2.24) is 4.98 Å². The molecule has 1 N–H and O–H groups in total. The molecule has 0 aromatic carbocycles. The lowest BCUT2D eigenvalue weighted by Gasteiger charge is -2.17. The number of nitrogens with zero attached hydrogens (tertiary/aromatic N) is 2. The molecule has 82 valence electrons. The second-order valence-corrected chi connectivity index (χ2v) is 3.46. The molecule has 6 heteroatoms. The van der Waals surface area contributed by atoms with Gasteiger partial charge in [0.25, 0.3) is 0 Å². The van der Waals surface area contributed by atoms with E-state index < -0.39 is 11.8 Å². The first-order valence-electron chi connectivity index (χ1n) is 4.24. The first-order chi connectivity index (χ1) is 7.00. The van der Waals surface area contributed by atoms with E-state index in [4.69, 9.17) is 16.7 Å². The Hall–Kier alpha value is -1.36. The van der Waals surface area contributed by atoms with Gasteiger partial charge in [0.2, 0.25) is 0 Å². The molecule has 15 heavy (non-hydrogen) atoms. The van der Waals surface area contributed by atoms with Crippen LogP contribution in [0.15, 0.2) is 12.3 Å². The minimum atomic E-state index is -0.934. The van der Waals surface area contributed by atoms with Crippen LogP contribution in [-0.2, 0) is 4.79 Å². The van der Waals surface area contributed by atoms with E-state index in [1.54, 1.807) is 7.05 Å². The fraction of sp³-hybridized carbons (Fsp3) is 0.333. The number of rotatable bonds is 4. The van der Waals surface area contributed by atoms with Gasteiger partial charge in [-0.2, -0.15) is 0 Å². The summed E-state index contributed by atoms with van der Waals surface area (Å²) in [5, 5.41) is 8.67. The van der Waals surface area contributed by atoms with E-state index in [0.29, 0.717) is 0 Å². The van der Waals surface area contributed by atoms with E-state index in [1.807, 2.05) is 0 Å². The van der Waals surface area contributed by atoms with Gasteiger partial charge in [0.15, 0.2) is 11.6 Å². The average Bonchev–Trinajstić information content (AvgIpc) is 2.14. The lowest BCUT2D eigenvalue weighted by Crippen LogP contribution is -2.23. The van der Waals surface area contributed by atoms with Crippen LogP contribution in [0.4, 0.5) is 10.2 Å². The highest BCUT2D eigenvalue weighted by atomic mass is 35.5. The van der Waals surface area contributed by atoms with Gasteiger partial charge < -0.3 is 10.0 Å². The fourth-order valence-electron chi connectivity index (χ4n) is 1.06. The van der Waals surface area contributed by atoms with Gasteiger partial charge >= 0.3 is 5.97 Å². The second-order valence-electron chi connectivity index (χ2n) is 3.02. The van der Waals surface area contributed by atoms with Gasteiger partial charge in [0, 0.05) is 19.8 Å². The average molecular weight is 233 g/mol. The van der Waals surface area contributed by atoms with Gasteiger partial charge in [0.1, 0.15) is 0 Å². The summed E-state index contributed by atoms with van der Waals surface area (Å²) in [5.74, 6) is -1.40. The third-order valence-corrected chi connectivity index (χ3v) is 2.02. The highest BCUT2D eigenvalue weighted by Gasteiger charge is 2.10. The summed E-state index contributed by atoms with van der Waals surface area (Å²) in [6.07, 6.45) is 1.25. The summed E-state index contributed by atoms with van der Waals surface area (Å²) in [6.45, 7) is 0.195. The molecule has 0 radical (unpaired) electrons. The van der Waals surface area contributed by atoms with Crippen molar-refractivity contribution in [2.75, 3.05) is 18.5 Å². The standard InChI is InChI=1S/C9H10ClFN2O2/c1-13(3-2-8(14)15)9-7(11)4-6(10)5-12-9/h4-5H,2-3H2,1H3,(H,14,15). The number of aliphatic carboxylic acids is 1. The first-order valence-corrected chi connectivity index (χ1v) is 4.62. The van der Waals surface area contributed by atoms with E-state index >= 15 is 0 Å². The predicted molar refractivity (Wildman–Crippen MR) is 54.7 cm³/mol. The van der Waals surface area contributed by atoms with Crippen LogP contribution in [0.5, 0.6) is 0 Å². The molecular formula is C9H10ClFN2O2. The Bertz CT molecular complexity index is 373. The minimum absolute atomic E-state index is 0.0692. The van der Waals surface area contributed by atoms with Crippen molar-refractivity contribution in [3.63, 3.8) is 0 Å². The Morgan fingerprint density at radius 2 is 2.40 bits per heavy atom. The van der Waals surface area contributed by atoms with E-state index in [9.17, 15) is 9.18 Å². The Kier molecular flexibility index (Phi) is 3.85. The smallest absolute Gasteiger partial charge is 0.305 e. The summed E-state index contributed by atoms with van der Waals surface area (Å²) >= 11 is 5.53. The van der Waals surface area contributed by atoms with Crippen LogP contribution in [0.3, 0.4) is 0 Å². The molecule has 1 aromatic rings. The maximum atomic E-state index is 13.3. The number of pyridine rings is 1. The first kappa shape index (κ1) is 11.7. The maximum absolute atomic E-state index is 13.3. The lowest BCUT2D eigenvalue weighted by molar-refractivity contribution is -0.136. The highest BCUT2D eigenvalue weighted by molar-refractivity contribution is 6.30. The topological polar surface area (TPSA) is 53.4 Å². The summed E-state index contributed by atoms with van der Waals surface area (Å²) < 4.78 is 13.3. The molecular weight excluding hydrogens is 223 g/mol. The number of carboxylic acid groups (broad SMARTS) is 1. The number of aromatic nitrogens is 1. The molecule has 0 atom stereocenters. The molecule has 0 aliphatic rings. The van der Waals surface area contributed by atoms with Gasteiger partial charge in [-0.1, -0.05) is 11.6 Å². The van der Waals surface area contributed by atoms with Gasteiger partial charge in [-0.05, 0) is 6.07 Å². The molecule has 0 aliphatic carbocycles. The fourth-order valence-corrected chi connectivity index (χ4v) is 1.20. The lowest BCUT2D eigenvalue weighted by atomic mass is 10.3. The molecule has 0 amide bonds. The largest absolute Gasteiger partial charge is 0.481 e. The third-order valence-electron chi connectivity index (χ3n) is 1.81. The van der Waals surface area contributed by atoms with Crippen LogP contribution >= 0.6 is 11.6 Å². The van der Waals surface area contributed by atoms with Gasteiger partial charge in [-0.25, -0.2) is 9.37 Å². The van der Waals surface area contributed by atoms with Gasteiger partial charge in [0.05, 0.1) is 11.4 Å². The number of hydrogen-bond acceptors (Lipinski definition) is 3. The number of halogens is 2. The van der Waals surface area contributed by atoms with Gasteiger partial charge in [-0.15, -0.1) is 0 Å². The molecule has 1 rings (SSSR count). The Morgan fingerprint density at radius 3 is 2.93 bits per heavy atom. The number of carbonyl (C=O) groups is 1. The monoisotopic (exact) mass is 232 g/mol. The van der Waals surface area contributed by atoms with Crippen molar-refractivity contribution in [2.24, 2.45) is 0 Å². The van der Waals surface area contributed by atoms with E-state index in [0.717, 1.165) is 6.07 Å². The molecule has 0 saturated heterocycles. The van der Waals surface area contributed by atoms with Crippen molar-refractivity contribution in [2.45, 2.75) is 6.42 Å². The van der Waals surface area contributed by atoms with Crippen LogP contribution in [0.1, 0.15) is 6.42 Å². The normalized spacial score (nSPS) is 10.1. The van der Waals surface area contributed by atoms with Crippen LogP contribution in [0.25, 0.3) is 0 Å². The van der Waals surface area contributed by atoms with Crippen molar-refractivity contribution in [3.8, 4) is 0 Å². The van der Waals surface area contributed by atoms with Crippen molar-refractivity contribution >= 4 is 23.4 Å². The predicted octanol–water partition coefficient (Wildman–Crippen LogP) is 1.78. The molecule has 0 aliphatic heterocycles. The van der Waals surface area contributed by atoms with Crippen LogP contribution < -0.4 is 4.90 Å². The Morgan fingerprint density at radius 1 is 1.73 bits per heavy atom. The van der Waals surface area contributed by atoms with Crippen molar-refractivity contribution in [1.29, 1.82) is 0 Å². The molecule has 0 spiro atoms. The number of carboxylic acids is 1. The zero-order valence-electron chi connectivity index (χ0n) is 8.07. The molecule has 0 unspecified atom stereocenters. The maximum Gasteiger partial charge on any atom is 0.305 e. The molecule has 1 aromatic heterocycles. The molecule has 1 heterocycles. The Balaban J connectivity index is 2.73. The van der Waals surface area contributed by atoms with Crippen LogP contribution in [-0.4, -0.2) is 29.7 Å². The summed E-state index contributed by atoms with van der Waals surface area (Å²) in [6, 6.07) is 1.14. The van der Waals surface area contributed by atoms with Crippen molar-refractivity contribution in [3.05, 3.63) is 23.1 Å². The van der Waals surface area contributed by atoms with E-state index in [2.05, 4.69) is 4.98 Å². The third kappa shape index (κ3) is 3.36. The SMILES string of the molecule is CN(CCC(=O)O)c1ncc(Cl)cc1F. The molecule has 0 fully saturated rings. The van der Waals surface area contributed by atoms with Crippen LogP contribution in [0.2, 0.25) is 5.02 Å². The molecule has 0 saturated carbocycles.